The number of rotatable bonds is 8. The Kier molecular flexibility index (Phi) is 9.43. The molecule has 13 rings (SSSR count). The van der Waals surface area contributed by atoms with E-state index in [9.17, 15) is 0 Å². The molecule has 13 aromatic rings. The average molecular weight is 868 g/mol. The fourth-order valence-electron chi connectivity index (χ4n) is 9.95. The van der Waals surface area contributed by atoms with Crippen LogP contribution in [0.3, 0.4) is 0 Å². The van der Waals surface area contributed by atoms with Crippen LogP contribution >= 0.6 is 0 Å². The van der Waals surface area contributed by atoms with Crippen molar-refractivity contribution < 1.29 is 0 Å². The van der Waals surface area contributed by atoms with Gasteiger partial charge in [0.2, 0.25) is 5.95 Å². The highest BCUT2D eigenvalue weighted by Crippen LogP contribution is 2.42. The highest BCUT2D eigenvalue weighted by molar-refractivity contribution is 6.19. The van der Waals surface area contributed by atoms with Crippen LogP contribution in [0.5, 0.6) is 0 Å². The van der Waals surface area contributed by atoms with Crippen LogP contribution in [0.2, 0.25) is 0 Å². The molecule has 0 saturated heterocycles. The summed E-state index contributed by atoms with van der Waals surface area (Å²) in [5.41, 5.74) is 16.5. The second-order valence-electron chi connectivity index (χ2n) is 17.2. The average Bonchev–Trinajstić information content (AvgIpc) is 3.92. The van der Waals surface area contributed by atoms with Crippen LogP contribution < -0.4 is 0 Å². The normalized spacial score (nSPS) is 11.5. The van der Waals surface area contributed by atoms with E-state index in [0.717, 1.165) is 93.8 Å². The summed E-state index contributed by atoms with van der Waals surface area (Å²) in [5.74, 6) is 1.78. The van der Waals surface area contributed by atoms with E-state index >= 15 is 0 Å². The Morgan fingerprint density at radius 2 is 0.647 bits per heavy atom. The van der Waals surface area contributed by atoms with Gasteiger partial charge in [-0.3, -0.25) is 4.57 Å². The van der Waals surface area contributed by atoms with Gasteiger partial charge in [0.1, 0.15) is 0 Å². The molecular weight excluding hydrogens is 827 g/mol. The molecule has 0 saturated carbocycles. The highest BCUT2D eigenvalue weighted by Gasteiger charge is 2.23. The molecule has 0 aliphatic heterocycles. The third-order valence-electron chi connectivity index (χ3n) is 13.2. The van der Waals surface area contributed by atoms with Crippen molar-refractivity contribution in [2.24, 2.45) is 0 Å². The van der Waals surface area contributed by atoms with Gasteiger partial charge in [0.15, 0.2) is 11.6 Å². The first-order chi connectivity index (χ1) is 33.7. The minimum atomic E-state index is 0.560. The quantitative estimate of drug-likeness (QED) is 0.153. The maximum Gasteiger partial charge on any atom is 0.238 e. The number of benzene rings is 10. The topological polar surface area (TPSA) is 48.5 Å². The smallest absolute Gasteiger partial charge is 0.238 e. The number of aromatic nitrogens is 5. The van der Waals surface area contributed by atoms with Crippen LogP contribution in [-0.4, -0.2) is 24.1 Å². The zero-order valence-corrected chi connectivity index (χ0v) is 36.9. The van der Waals surface area contributed by atoms with Gasteiger partial charge < -0.3 is 4.57 Å². The SMILES string of the molecule is c1ccc(-c2cccc(-c3ccc(-c4ccccc4)c(-n4c5ccccc5c5cc6c(cc54)c4ccccc4n6-c4nc(-c5ccccc5)nc(-c5cccc(-c6ccccc6)c5)n4)c3)c2)cc1. The molecule has 5 heteroatoms. The maximum absolute atomic E-state index is 5.35. The lowest BCUT2D eigenvalue weighted by atomic mass is 9.95. The monoisotopic (exact) mass is 867 g/mol. The van der Waals surface area contributed by atoms with E-state index in [2.05, 4.69) is 234 Å². The van der Waals surface area contributed by atoms with Crippen molar-refractivity contribution in [3.05, 3.63) is 249 Å². The molecule has 0 atom stereocenters. The summed E-state index contributed by atoms with van der Waals surface area (Å²) in [7, 11) is 0. The molecule has 0 fully saturated rings. The predicted molar refractivity (Wildman–Crippen MR) is 281 cm³/mol. The minimum absolute atomic E-state index is 0.560. The van der Waals surface area contributed by atoms with Crippen molar-refractivity contribution in [2.75, 3.05) is 0 Å². The molecule has 318 valence electrons. The fraction of sp³-hybridized carbons (Fsp3) is 0. The van der Waals surface area contributed by atoms with Crippen molar-refractivity contribution in [3.8, 4) is 78.9 Å². The van der Waals surface area contributed by atoms with E-state index in [1.54, 1.807) is 0 Å². The predicted octanol–water partition coefficient (Wildman–Crippen LogP) is 16.1. The molecule has 0 bridgehead atoms. The van der Waals surface area contributed by atoms with Gasteiger partial charge >= 0.3 is 0 Å². The van der Waals surface area contributed by atoms with E-state index in [1.807, 2.05) is 24.3 Å². The van der Waals surface area contributed by atoms with Crippen molar-refractivity contribution in [1.29, 1.82) is 0 Å². The van der Waals surface area contributed by atoms with Crippen molar-refractivity contribution in [1.82, 2.24) is 24.1 Å². The number of hydrogen-bond acceptors (Lipinski definition) is 3. The van der Waals surface area contributed by atoms with Crippen LogP contribution in [0.4, 0.5) is 0 Å². The summed E-state index contributed by atoms with van der Waals surface area (Å²) < 4.78 is 4.70. The molecular formula is C63H41N5. The molecule has 0 unspecified atom stereocenters. The lowest BCUT2D eigenvalue weighted by molar-refractivity contribution is 0.954. The van der Waals surface area contributed by atoms with E-state index in [4.69, 9.17) is 15.0 Å². The Morgan fingerprint density at radius 1 is 0.235 bits per heavy atom. The van der Waals surface area contributed by atoms with Crippen molar-refractivity contribution in [3.63, 3.8) is 0 Å². The molecule has 0 aliphatic rings. The zero-order chi connectivity index (χ0) is 45.0. The minimum Gasteiger partial charge on any atom is -0.309 e. The molecule has 5 nitrogen and oxygen atoms in total. The summed E-state index contributed by atoms with van der Waals surface area (Å²) in [4.78, 5) is 15.8. The van der Waals surface area contributed by atoms with Gasteiger partial charge in [0, 0.05) is 38.2 Å². The van der Waals surface area contributed by atoms with Crippen LogP contribution in [0.1, 0.15) is 0 Å². The summed E-state index contributed by atoms with van der Waals surface area (Å²) in [6, 6.07) is 88.4. The van der Waals surface area contributed by atoms with Crippen molar-refractivity contribution in [2.45, 2.75) is 0 Å². The highest BCUT2D eigenvalue weighted by atomic mass is 15.2. The third kappa shape index (κ3) is 6.76. The molecule has 0 radical (unpaired) electrons. The standard InChI is InChI=1S/C63H41N5/c1-5-19-42(20-6-1)46-27-17-29-48(37-46)49-35-36-51(44-23-9-3-10-24-44)58(39-49)67-56-33-15-13-31-52(56)54-41-60-55(40-59(54)67)53-32-14-16-34-57(53)68(60)63-65-61(45-25-11-4-12-26-45)64-62(66-63)50-30-18-28-47(38-50)43-21-7-2-8-22-43/h1-41H. The van der Waals surface area contributed by atoms with Gasteiger partial charge in [-0.1, -0.05) is 206 Å². The van der Waals surface area contributed by atoms with E-state index in [1.165, 1.54) is 11.1 Å². The first kappa shape index (κ1) is 39.2. The second kappa shape index (κ2) is 16.4. The molecule has 10 aromatic carbocycles. The molecule has 0 N–H and O–H groups in total. The number of nitrogens with zero attached hydrogens (tertiary/aromatic N) is 5. The lowest BCUT2D eigenvalue weighted by Crippen LogP contribution is -2.06. The third-order valence-corrected chi connectivity index (χ3v) is 13.2. The van der Waals surface area contributed by atoms with E-state index < -0.39 is 0 Å². The molecule has 3 aromatic heterocycles. The first-order valence-corrected chi connectivity index (χ1v) is 23.0. The molecule has 3 heterocycles. The van der Waals surface area contributed by atoms with Crippen LogP contribution in [0.15, 0.2) is 249 Å². The summed E-state index contributed by atoms with van der Waals surface area (Å²) in [6.07, 6.45) is 0. The Labute approximate surface area is 393 Å². The fourth-order valence-corrected chi connectivity index (χ4v) is 9.95. The summed E-state index contributed by atoms with van der Waals surface area (Å²) in [6.45, 7) is 0. The van der Waals surface area contributed by atoms with Crippen LogP contribution in [0, 0.1) is 0 Å². The van der Waals surface area contributed by atoms with Crippen LogP contribution in [0.25, 0.3) is 123 Å². The van der Waals surface area contributed by atoms with Crippen LogP contribution in [-0.2, 0) is 0 Å². The Bertz CT molecular complexity index is 4010. The van der Waals surface area contributed by atoms with Crippen molar-refractivity contribution >= 4 is 43.6 Å². The second-order valence-corrected chi connectivity index (χ2v) is 17.2. The van der Waals surface area contributed by atoms with E-state index in [-0.39, 0.29) is 0 Å². The lowest BCUT2D eigenvalue weighted by Gasteiger charge is -2.17. The molecule has 0 spiro atoms. The summed E-state index contributed by atoms with van der Waals surface area (Å²) >= 11 is 0. The van der Waals surface area contributed by atoms with Gasteiger partial charge in [0.05, 0.1) is 27.8 Å². The van der Waals surface area contributed by atoms with Gasteiger partial charge in [-0.05, 0) is 81.4 Å². The maximum atomic E-state index is 5.35. The first-order valence-electron chi connectivity index (χ1n) is 23.0. The number of para-hydroxylation sites is 2. The van der Waals surface area contributed by atoms with Gasteiger partial charge in [0.25, 0.3) is 0 Å². The Morgan fingerprint density at radius 3 is 1.24 bits per heavy atom. The molecule has 0 amide bonds. The summed E-state index contributed by atoms with van der Waals surface area (Å²) in [5, 5.41) is 4.53. The Balaban J connectivity index is 1.06. The Hall–Kier alpha value is -9.19. The zero-order valence-electron chi connectivity index (χ0n) is 36.9. The molecule has 0 aliphatic carbocycles. The van der Waals surface area contributed by atoms with Gasteiger partial charge in [-0.15, -0.1) is 0 Å². The number of fused-ring (bicyclic) bond motifs is 6. The largest absolute Gasteiger partial charge is 0.309 e. The van der Waals surface area contributed by atoms with E-state index in [0.29, 0.717) is 17.6 Å². The van der Waals surface area contributed by atoms with Gasteiger partial charge in [-0.25, -0.2) is 4.98 Å². The van der Waals surface area contributed by atoms with Gasteiger partial charge in [-0.2, -0.15) is 9.97 Å². The number of hydrogen-bond donors (Lipinski definition) is 0. The molecule has 68 heavy (non-hydrogen) atoms.